The van der Waals surface area contributed by atoms with Crippen LogP contribution in [0, 0.1) is 6.92 Å². The van der Waals surface area contributed by atoms with E-state index in [1.807, 2.05) is 43.3 Å². The summed E-state index contributed by atoms with van der Waals surface area (Å²) in [6.45, 7) is 3.15. The van der Waals surface area contributed by atoms with Gasteiger partial charge in [0.25, 0.3) is 5.56 Å². The second-order valence-corrected chi connectivity index (χ2v) is 4.88. The number of rotatable bonds is 4. The Labute approximate surface area is 122 Å². The largest absolute Gasteiger partial charge is 0.383 e. The van der Waals surface area contributed by atoms with Gasteiger partial charge in [0.2, 0.25) is 0 Å². The number of anilines is 1. The average molecular weight is 280 g/mol. The third-order valence-electron chi connectivity index (χ3n) is 3.41. The first-order chi connectivity index (χ1) is 10.3. The number of benzene rings is 2. The van der Waals surface area contributed by atoms with Gasteiger partial charge in [0.15, 0.2) is 0 Å². The van der Waals surface area contributed by atoms with Crippen LogP contribution in [0.2, 0.25) is 0 Å². The van der Waals surface area contributed by atoms with Crippen LogP contribution >= 0.6 is 0 Å². The molecule has 3 rings (SSSR count). The highest BCUT2D eigenvalue weighted by Gasteiger charge is 2.04. The number of hydrogen-bond acceptors (Lipinski definition) is 4. The van der Waals surface area contributed by atoms with E-state index in [4.69, 9.17) is 0 Å². The number of nitrogens with one attached hydrogen (secondary N) is 1. The van der Waals surface area contributed by atoms with Gasteiger partial charge in [0, 0.05) is 12.2 Å². The zero-order valence-corrected chi connectivity index (χ0v) is 11.8. The summed E-state index contributed by atoms with van der Waals surface area (Å²) >= 11 is 0. The molecule has 0 amide bonds. The van der Waals surface area contributed by atoms with E-state index in [1.54, 1.807) is 12.1 Å². The quantitative estimate of drug-likeness (QED) is 0.796. The van der Waals surface area contributed by atoms with E-state index < -0.39 is 0 Å². The maximum Gasteiger partial charge on any atom is 0.277 e. The highest BCUT2D eigenvalue weighted by atomic mass is 16.1. The fourth-order valence-electron chi connectivity index (χ4n) is 2.24. The average Bonchev–Trinajstić information content (AvgIpc) is 2.52. The summed E-state index contributed by atoms with van der Waals surface area (Å²) in [7, 11) is 0. The highest BCUT2D eigenvalue weighted by molar-refractivity contribution is 5.76. The number of aromatic nitrogens is 3. The van der Waals surface area contributed by atoms with E-state index in [0.29, 0.717) is 24.0 Å². The van der Waals surface area contributed by atoms with E-state index in [2.05, 4.69) is 15.6 Å². The van der Waals surface area contributed by atoms with Crippen LogP contribution in [-0.2, 0) is 6.54 Å². The molecule has 0 aliphatic rings. The van der Waals surface area contributed by atoms with Crippen LogP contribution in [0.5, 0.6) is 0 Å². The van der Waals surface area contributed by atoms with Crippen molar-refractivity contribution < 1.29 is 0 Å². The maximum absolute atomic E-state index is 12.3. The van der Waals surface area contributed by atoms with Gasteiger partial charge in [0.05, 0.1) is 11.9 Å². The standard InChI is InChI=1S/C16H16N4O/c1-12-6-2-4-8-14(12)17-10-11-20-16(21)13-7-3-5-9-15(13)18-19-20/h2-9,17H,10-11H2,1H3. The Morgan fingerprint density at radius 3 is 2.71 bits per heavy atom. The van der Waals surface area contributed by atoms with Crippen LogP contribution in [0.1, 0.15) is 5.56 Å². The monoisotopic (exact) mass is 280 g/mol. The number of para-hydroxylation sites is 1. The summed E-state index contributed by atoms with van der Waals surface area (Å²) < 4.78 is 1.40. The van der Waals surface area contributed by atoms with Crippen molar-refractivity contribution in [1.29, 1.82) is 0 Å². The van der Waals surface area contributed by atoms with Crippen molar-refractivity contribution in [3.05, 3.63) is 64.4 Å². The minimum absolute atomic E-state index is 0.104. The molecule has 0 aliphatic heterocycles. The van der Waals surface area contributed by atoms with Crippen molar-refractivity contribution in [3.8, 4) is 0 Å². The summed E-state index contributed by atoms with van der Waals surface area (Å²) in [4.78, 5) is 12.3. The second-order valence-electron chi connectivity index (χ2n) is 4.88. The smallest absolute Gasteiger partial charge is 0.277 e. The SMILES string of the molecule is Cc1ccccc1NCCn1nnc2ccccc2c1=O. The Balaban J connectivity index is 1.76. The van der Waals surface area contributed by atoms with Crippen LogP contribution in [-0.4, -0.2) is 21.5 Å². The van der Waals surface area contributed by atoms with Crippen LogP contribution in [0.3, 0.4) is 0 Å². The molecule has 106 valence electrons. The normalized spacial score (nSPS) is 10.7. The molecule has 5 heteroatoms. The maximum atomic E-state index is 12.3. The first kappa shape index (κ1) is 13.3. The Bertz CT molecular complexity index is 826. The van der Waals surface area contributed by atoms with Gasteiger partial charge in [-0.25, -0.2) is 4.68 Å². The summed E-state index contributed by atoms with van der Waals surface area (Å²) in [6.07, 6.45) is 0. The van der Waals surface area contributed by atoms with Crippen molar-refractivity contribution in [2.45, 2.75) is 13.5 Å². The molecule has 0 unspecified atom stereocenters. The van der Waals surface area contributed by atoms with Crippen LogP contribution in [0.4, 0.5) is 5.69 Å². The van der Waals surface area contributed by atoms with E-state index >= 15 is 0 Å². The summed E-state index contributed by atoms with van der Waals surface area (Å²) in [6, 6.07) is 15.3. The zero-order chi connectivity index (χ0) is 14.7. The Morgan fingerprint density at radius 1 is 1.10 bits per heavy atom. The molecule has 0 saturated carbocycles. The lowest BCUT2D eigenvalue weighted by atomic mass is 10.2. The number of aryl methyl sites for hydroxylation is 1. The Kier molecular flexibility index (Phi) is 3.64. The van der Waals surface area contributed by atoms with E-state index in [1.165, 1.54) is 10.2 Å². The van der Waals surface area contributed by atoms with Gasteiger partial charge in [-0.05, 0) is 30.7 Å². The predicted octanol–water partition coefficient (Wildman–Crippen LogP) is 2.21. The minimum Gasteiger partial charge on any atom is -0.383 e. The van der Waals surface area contributed by atoms with Gasteiger partial charge in [-0.3, -0.25) is 4.79 Å². The van der Waals surface area contributed by atoms with E-state index in [0.717, 1.165) is 5.69 Å². The number of nitrogens with zero attached hydrogens (tertiary/aromatic N) is 3. The topological polar surface area (TPSA) is 59.8 Å². The first-order valence-corrected chi connectivity index (χ1v) is 6.88. The fourth-order valence-corrected chi connectivity index (χ4v) is 2.24. The summed E-state index contributed by atoms with van der Waals surface area (Å²) in [5.74, 6) is 0. The van der Waals surface area contributed by atoms with Crippen molar-refractivity contribution in [2.24, 2.45) is 0 Å². The molecule has 1 aromatic heterocycles. The Morgan fingerprint density at radius 2 is 1.86 bits per heavy atom. The van der Waals surface area contributed by atoms with Gasteiger partial charge in [-0.1, -0.05) is 35.5 Å². The molecule has 0 atom stereocenters. The molecule has 21 heavy (non-hydrogen) atoms. The van der Waals surface area contributed by atoms with Crippen LogP contribution in [0.25, 0.3) is 10.9 Å². The highest BCUT2D eigenvalue weighted by Crippen LogP contribution is 2.12. The van der Waals surface area contributed by atoms with Gasteiger partial charge in [-0.15, -0.1) is 5.10 Å². The van der Waals surface area contributed by atoms with Gasteiger partial charge in [0.1, 0.15) is 5.52 Å². The molecule has 2 aromatic carbocycles. The predicted molar refractivity (Wildman–Crippen MR) is 83.5 cm³/mol. The number of hydrogen-bond donors (Lipinski definition) is 1. The lowest BCUT2D eigenvalue weighted by Crippen LogP contribution is -2.27. The van der Waals surface area contributed by atoms with E-state index in [-0.39, 0.29) is 5.56 Å². The molecule has 5 nitrogen and oxygen atoms in total. The molecule has 0 saturated heterocycles. The van der Waals surface area contributed by atoms with Gasteiger partial charge < -0.3 is 5.32 Å². The molecule has 0 spiro atoms. The molecular weight excluding hydrogens is 264 g/mol. The molecule has 0 fully saturated rings. The minimum atomic E-state index is -0.104. The summed E-state index contributed by atoms with van der Waals surface area (Å²) in [5, 5.41) is 12.0. The van der Waals surface area contributed by atoms with E-state index in [9.17, 15) is 4.79 Å². The molecule has 0 aliphatic carbocycles. The van der Waals surface area contributed by atoms with Crippen LogP contribution in [0.15, 0.2) is 53.3 Å². The van der Waals surface area contributed by atoms with Crippen molar-refractivity contribution in [1.82, 2.24) is 15.0 Å². The third-order valence-corrected chi connectivity index (χ3v) is 3.41. The molecule has 0 bridgehead atoms. The lowest BCUT2D eigenvalue weighted by molar-refractivity contribution is 0.566. The lowest BCUT2D eigenvalue weighted by Gasteiger charge is -2.09. The van der Waals surface area contributed by atoms with Crippen LogP contribution < -0.4 is 10.9 Å². The van der Waals surface area contributed by atoms with Crippen molar-refractivity contribution in [2.75, 3.05) is 11.9 Å². The van der Waals surface area contributed by atoms with Gasteiger partial charge in [-0.2, -0.15) is 0 Å². The summed E-state index contributed by atoms with van der Waals surface area (Å²) in [5.41, 5.74) is 2.77. The first-order valence-electron chi connectivity index (χ1n) is 6.88. The molecule has 1 heterocycles. The molecule has 0 radical (unpaired) electrons. The molecule has 1 N–H and O–H groups in total. The molecule has 3 aromatic rings. The number of fused-ring (bicyclic) bond motifs is 1. The van der Waals surface area contributed by atoms with Crippen molar-refractivity contribution >= 4 is 16.6 Å². The van der Waals surface area contributed by atoms with Gasteiger partial charge >= 0.3 is 0 Å². The zero-order valence-electron chi connectivity index (χ0n) is 11.8. The Hall–Kier alpha value is -2.69. The second kappa shape index (κ2) is 5.75. The third kappa shape index (κ3) is 2.76. The fraction of sp³-hybridized carbons (Fsp3) is 0.188. The van der Waals surface area contributed by atoms with Crippen molar-refractivity contribution in [3.63, 3.8) is 0 Å². The molecular formula is C16H16N4O.